The maximum Gasteiger partial charge on any atom is 0.183 e. The van der Waals surface area contributed by atoms with E-state index < -0.39 is 0 Å². The Hall–Kier alpha value is -2.18. The second kappa shape index (κ2) is 6.98. The number of aliphatic hydroxyl groups excluding tert-OH is 1. The number of aromatic amines is 1. The van der Waals surface area contributed by atoms with Crippen LogP contribution < -0.4 is 0 Å². The molecule has 0 aliphatic carbocycles. The topological polar surface area (TPSA) is 70.0 Å². The molecule has 1 aliphatic heterocycles. The second-order valence-corrected chi connectivity index (χ2v) is 6.83. The highest BCUT2D eigenvalue weighted by Crippen LogP contribution is 2.31. The van der Waals surface area contributed by atoms with Gasteiger partial charge in [0.05, 0.1) is 19.2 Å². The summed E-state index contributed by atoms with van der Waals surface area (Å²) in [6, 6.07) is 8.46. The van der Waals surface area contributed by atoms with Gasteiger partial charge in [-0.3, -0.25) is 4.90 Å². The van der Waals surface area contributed by atoms with Crippen molar-refractivity contribution >= 4 is 10.9 Å². The van der Waals surface area contributed by atoms with Gasteiger partial charge in [-0.15, -0.1) is 0 Å². The Bertz CT molecular complexity index is 852. The number of rotatable bonds is 4. The highest BCUT2D eigenvalue weighted by atomic mass is 16.3. The molecule has 1 fully saturated rings. The third-order valence-electron chi connectivity index (χ3n) is 5.16. The Balaban J connectivity index is 1.77. The maximum atomic E-state index is 9.47. The number of nitrogens with one attached hydrogen (secondary N) is 1. The van der Waals surface area contributed by atoms with E-state index in [0.717, 1.165) is 41.1 Å². The van der Waals surface area contributed by atoms with Gasteiger partial charge in [0.1, 0.15) is 5.82 Å². The van der Waals surface area contributed by atoms with Crippen LogP contribution in [-0.2, 0) is 6.54 Å². The highest BCUT2D eigenvalue weighted by Gasteiger charge is 2.26. The first kappa shape index (κ1) is 16.3. The molecule has 3 heterocycles. The normalized spacial score (nSPS) is 19.4. The van der Waals surface area contributed by atoms with Gasteiger partial charge < -0.3 is 10.1 Å². The van der Waals surface area contributed by atoms with Crippen LogP contribution >= 0.6 is 0 Å². The molecule has 3 aromatic rings. The van der Waals surface area contributed by atoms with E-state index in [9.17, 15) is 5.11 Å². The Kier molecular flexibility index (Phi) is 4.55. The number of fused-ring (bicyclic) bond motifs is 1. The zero-order chi connectivity index (χ0) is 17.2. The quantitative estimate of drug-likeness (QED) is 0.767. The molecule has 0 amide bonds. The molecule has 1 aliphatic rings. The minimum absolute atomic E-state index is 0.0696. The van der Waals surface area contributed by atoms with Crippen LogP contribution in [-0.4, -0.2) is 50.0 Å². The molecule has 25 heavy (non-hydrogen) atoms. The third-order valence-corrected chi connectivity index (χ3v) is 5.16. The lowest BCUT2D eigenvalue weighted by atomic mass is 10.1. The van der Waals surface area contributed by atoms with Crippen molar-refractivity contribution in [2.45, 2.75) is 38.3 Å². The van der Waals surface area contributed by atoms with Crippen molar-refractivity contribution < 1.29 is 5.11 Å². The molecule has 0 bridgehead atoms. The summed E-state index contributed by atoms with van der Waals surface area (Å²) in [7, 11) is 2.17. The van der Waals surface area contributed by atoms with Crippen molar-refractivity contribution in [2.75, 3.05) is 20.2 Å². The molecule has 1 unspecified atom stereocenters. The van der Waals surface area contributed by atoms with Gasteiger partial charge in [0.15, 0.2) is 5.82 Å². The van der Waals surface area contributed by atoms with Crippen molar-refractivity contribution in [3.63, 3.8) is 0 Å². The fourth-order valence-electron chi connectivity index (χ4n) is 3.81. The summed E-state index contributed by atoms with van der Waals surface area (Å²) in [5, 5.41) is 15.3. The van der Waals surface area contributed by atoms with Crippen LogP contribution in [0.1, 0.15) is 37.5 Å². The number of H-pyrrole nitrogens is 1. The predicted molar refractivity (Wildman–Crippen MR) is 98.2 cm³/mol. The van der Waals surface area contributed by atoms with Crippen LogP contribution in [0.4, 0.5) is 0 Å². The fraction of sp³-hybridized carbons (Fsp3) is 0.474. The van der Waals surface area contributed by atoms with Crippen LogP contribution in [0.15, 0.2) is 30.5 Å². The van der Waals surface area contributed by atoms with E-state index >= 15 is 0 Å². The molecule has 2 aromatic heterocycles. The Labute approximate surface area is 147 Å². The lowest BCUT2D eigenvalue weighted by Crippen LogP contribution is -2.27. The van der Waals surface area contributed by atoms with E-state index in [2.05, 4.69) is 29.1 Å². The predicted octanol–water partition coefficient (Wildman–Crippen LogP) is 2.97. The van der Waals surface area contributed by atoms with E-state index in [1.54, 1.807) is 0 Å². The number of aliphatic hydroxyl groups is 1. The molecular weight excluding hydrogens is 314 g/mol. The zero-order valence-corrected chi connectivity index (χ0v) is 14.6. The van der Waals surface area contributed by atoms with Crippen LogP contribution in [0.5, 0.6) is 0 Å². The van der Waals surface area contributed by atoms with Gasteiger partial charge in [0, 0.05) is 22.7 Å². The second-order valence-electron chi connectivity index (χ2n) is 6.83. The summed E-state index contributed by atoms with van der Waals surface area (Å²) in [6.07, 6.45) is 6.78. The Morgan fingerprint density at radius 2 is 2.12 bits per heavy atom. The summed E-state index contributed by atoms with van der Waals surface area (Å²) in [5.41, 5.74) is 2.11. The van der Waals surface area contributed by atoms with Gasteiger partial charge in [-0.05, 0) is 32.5 Å². The molecule has 0 radical (unpaired) electrons. The number of hydrogen-bond donors (Lipinski definition) is 2. The molecule has 132 valence electrons. The minimum atomic E-state index is 0.0696. The average Bonchev–Trinajstić information content (AvgIpc) is 3.16. The standard InChI is InChI=1S/C19H25N5O/c1-23-10-6-2-3-9-17(23)19-21-18(22-24(19)11-12-25)15-13-20-16-8-5-4-7-14(15)16/h4-5,7-8,13,17,20,25H,2-3,6,9-12H2,1H3. The van der Waals surface area contributed by atoms with Gasteiger partial charge in [-0.25, -0.2) is 9.67 Å². The molecule has 2 N–H and O–H groups in total. The summed E-state index contributed by atoms with van der Waals surface area (Å²) in [5.74, 6) is 1.71. The molecule has 1 atom stereocenters. The molecule has 1 saturated heterocycles. The van der Waals surface area contributed by atoms with Crippen molar-refractivity contribution in [3.05, 3.63) is 36.3 Å². The summed E-state index contributed by atoms with van der Waals surface area (Å²) in [6.45, 7) is 1.63. The Morgan fingerprint density at radius 3 is 3.00 bits per heavy atom. The van der Waals surface area contributed by atoms with Crippen LogP contribution in [0.2, 0.25) is 0 Å². The number of aromatic nitrogens is 4. The van der Waals surface area contributed by atoms with E-state index in [-0.39, 0.29) is 12.6 Å². The van der Waals surface area contributed by atoms with Crippen molar-refractivity contribution in [1.29, 1.82) is 0 Å². The van der Waals surface area contributed by atoms with Crippen LogP contribution in [0.25, 0.3) is 22.3 Å². The van der Waals surface area contributed by atoms with Gasteiger partial charge >= 0.3 is 0 Å². The van der Waals surface area contributed by atoms with E-state index in [1.165, 1.54) is 19.3 Å². The molecule has 0 spiro atoms. The largest absolute Gasteiger partial charge is 0.394 e. The Morgan fingerprint density at radius 1 is 1.24 bits per heavy atom. The maximum absolute atomic E-state index is 9.47. The monoisotopic (exact) mass is 339 g/mol. The fourth-order valence-corrected chi connectivity index (χ4v) is 3.81. The van der Waals surface area contributed by atoms with Crippen molar-refractivity contribution in [1.82, 2.24) is 24.6 Å². The van der Waals surface area contributed by atoms with E-state index in [0.29, 0.717) is 6.54 Å². The van der Waals surface area contributed by atoms with Gasteiger partial charge in [-0.2, -0.15) is 5.10 Å². The smallest absolute Gasteiger partial charge is 0.183 e. The van der Waals surface area contributed by atoms with Crippen LogP contribution in [0, 0.1) is 0 Å². The number of likely N-dealkylation sites (tertiary alicyclic amines) is 1. The summed E-state index contributed by atoms with van der Waals surface area (Å²) in [4.78, 5) is 10.6. The van der Waals surface area contributed by atoms with E-state index in [1.807, 2.05) is 23.0 Å². The summed E-state index contributed by atoms with van der Waals surface area (Å²) >= 11 is 0. The number of hydrogen-bond acceptors (Lipinski definition) is 4. The summed E-state index contributed by atoms with van der Waals surface area (Å²) < 4.78 is 1.89. The lowest BCUT2D eigenvalue weighted by molar-refractivity contribution is 0.221. The first-order valence-electron chi connectivity index (χ1n) is 9.10. The van der Waals surface area contributed by atoms with Gasteiger partial charge in [0.25, 0.3) is 0 Å². The first-order valence-corrected chi connectivity index (χ1v) is 9.10. The SMILES string of the molecule is CN1CCCCCC1c1nc(-c2c[nH]c3ccccc23)nn1CCO. The van der Waals surface area contributed by atoms with Crippen molar-refractivity contribution in [2.24, 2.45) is 0 Å². The zero-order valence-electron chi connectivity index (χ0n) is 14.6. The molecule has 4 rings (SSSR count). The number of para-hydroxylation sites is 1. The molecular formula is C19H25N5O. The molecule has 1 aromatic carbocycles. The number of benzene rings is 1. The van der Waals surface area contributed by atoms with Crippen LogP contribution in [0.3, 0.4) is 0 Å². The average molecular weight is 339 g/mol. The van der Waals surface area contributed by atoms with Crippen molar-refractivity contribution in [3.8, 4) is 11.4 Å². The molecule has 0 saturated carbocycles. The highest BCUT2D eigenvalue weighted by molar-refractivity contribution is 5.93. The third kappa shape index (κ3) is 3.07. The lowest BCUT2D eigenvalue weighted by Gasteiger charge is -2.24. The van der Waals surface area contributed by atoms with Gasteiger partial charge in [0.2, 0.25) is 0 Å². The minimum Gasteiger partial charge on any atom is -0.394 e. The van der Waals surface area contributed by atoms with Gasteiger partial charge in [-0.1, -0.05) is 31.0 Å². The number of nitrogens with zero attached hydrogens (tertiary/aromatic N) is 4. The van der Waals surface area contributed by atoms with E-state index in [4.69, 9.17) is 10.1 Å². The first-order chi connectivity index (χ1) is 12.3. The molecule has 6 nitrogen and oxygen atoms in total. The molecule has 6 heteroatoms.